The number of carbonyl (C=O) groups is 1. The molecule has 3 aromatic rings. The Hall–Kier alpha value is -2.99. The number of carbonyl (C=O) groups excluding carboxylic acids is 1. The van der Waals surface area contributed by atoms with Gasteiger partial charge in [0.15, 0.2) is 0 Å². The summed E-state index contributed by atoms with van der Waals surface area (Å²) in [5.41, 5.74) is 4.53. The third-order valence-electron chi connectivity index (χ3n) is 4.94. The highest BCUT2D eigenvalue weighted by molar-refractivity contribution is 6.04. The Labute approximate surface area is 170 Å². The van der Waals surface area contributed by atoms with Crippen molar-refractivity contribution in [2.45, 2.75) is 46.3 Å². The third-order valence-corrected chi connectivity index (χ3v) is 4.94. The molecular formula is C23H27FN4O. The van der Waals surface area contributed by atoms with Gasteiger partial charge in [-0.05, 0) is 69.7 Å². The molecular weight excluding hydrogens is 367 g/mol. The molecule has 29 heavy (non-hydrogen) atoms. The molecule has 1 aromatic heterocycles. The van der Waals surface area contributed by atoms with Crippen LogP contribution in [0.15, 0.2) is 54.7 Å². The number of amides is 1. The van der Waals surface area contributed by atoms with E-state index >= 15 is 0 Å². The van der Waals surface area contributed by atoms with Crippen molar-refractivity contribution in [1.82, 2.24) is 15.1 Å². The highest BCUT2D eigenvalue weighted by Gasteiger charge is 2.14. The molecule has 5 nitrogen and oxygen atoms in total. The first-order valence-electron chi connectivity index (χ1n) is 9.78. The number of benzene rings is 2. The molecule has 6 heteroatoms. The predicted molar refractivity (Wildman–Crippen MR) is 113 cm³/mol. The van der Waals surface area contributed by atoms with Crippen molar-refractivity contribution in [1.29, 1.82) is 0 Å². The minimum atomic E-state index is -0.363. The van der Waals surface area contributed by atoms with E-state index in [1.807, 2.05) is 35.1 Å². The SMILES string of the molecule is Cc1c([C@@H](C)NCc2cccc(NC(=O)c3ccc(F)cc3)c2)cnn1C(C)C. The van der Waals surface area contributed by atoms with Gasteiger partial charge in [-0.15, -0.1) is 0 Å². The van der Waals surface area contributed by atoms with Crippen LogP contribution < -0.4 is 10.6 Å². The number of hydrogen-bond donors (Lipinski definition) is 2. The van der Waals surface area contributed by atoms with Crippen molar-refractivity contribution < 1.29 is 9.18 Å². The number of rotatable bonds is 7. The van der Waals surface area contributed by atoms with Crippen LogP contribution in [0.5, 0.6) is 0 Å². The van der Waals surface area contributed by atoms with Crippen LogP contribution in [0.3, 0.4) is 0 Å². The van der Waals surface area contributed by atoms with Crippen LogP contribution in [-0.2, 0) is 6.54 Å². The summed E-state index contributed by atoms with van der Waals surface area (Å²) in [4.78, 5) is 12.3. The Morgan fingerprint density at radius 3 is 2.52 bits per heavy atom. The fourth-order valence-corrected chi connectivity index (χ4v) is 3.33. The lowest BCUT2D eigenvalue weighted by molar-refractivity contribution is 0.102. The zero-order valence-corrected chi connectivity index (χ0v) is 17.2. The minimum Gasteiger partial charge on any atom is -0.322 e. The van der Waals surface area contributed by atoms with E-state index in [0.717, 1.165) is 5.56 Å². The average molecular weight is 394 g/mol. The van der Waals surface area contributed by atoms with Crippen molar-refractivity contribution in [3.8, 4) is 0 Å². The van der Waals surface area contributed by atoms with Crippen LogP contribution in [0.4, 0.5) is 10.1 Å². The zero-order valence-electron chi connectivity index (χ0n) is 17.2. The first kappa shape index (κ1) is 20.7. The average Bonchev–Trinajstić information content (AvgIpc) is 3.08. The number of nitrogens with zero attached hydrogens (tertiary/aromatic N) is 2. The van der Waals surface area contributed by atoms with Crippen molar-refractivity contribution >= 4 is 11.6 Å². The second kappa shape index (κ2) is 9.01. The Morgan fingerprint density at radius 1 is 1.14 bits per heavy atom. The van der Waals surface area contributed by atoms with Crippen molar-refractivity contribution in [3.05, 3.63) is 82.9 Å². The molecule has 0 fully saturated rings. The second-order valence-corrected chi connectivity index (χ2v) is 7.49. The Bertz CT molecular complexity index is 979. The number of aromatic nitrogens is 2. The van der Waals surface area contributed by atoms with Crippen LogP contribution in [0, 0.1) is 12.7 Å². The lowest BCUT2D eigenvalue weighted by atomic mass is 10.1. The highest BCUT2D eigenvalue weighted by atomic mass is 19.1. The van der Waals surface area contributed by atoms with E-state index in [1.165, 1.54) is 35.5 Å². The first-order chi connectivity index (χ1) is 13.8. The van der Waals surface area contributed by atoms with Gasteiger partial charge in [0.05, 0.1) is 6.20 Å². The third kappa shape index (κ3) is 5.09. The fraction of sp³-hybridized carbons (Fsp3) is 0.304. The molecule has 0 aliphatic rings. The number of hydrogen-bond acceptors (Lipinski definition) is 3. The monoisotopic (exact) mass is 394 g/mol. The molecule has 152 valence electrons. The van der Waals surface area contributed by atoms with Gasteiger partial charge in [-0.25, -0.2) is 4.39 Å². The molecule has 3 rings (SSSR count). The molecule has 0 saturated heterocycles. The summed E-state index contributed by atoms with van der Waals surface area (Å²) in [6.45, 7) is 9.11. The van der Waals surface area contributed by atoms with E-state index in [4.69, 9.17) is 0 Å². The highest BCUT2D eigenvalue weighted by Crippen LogP contribution is 2.20. The summed E-state index contributed by atoms with van der Waals surface area (Å²) in [5.74, 6) is -0.627. The van der Waals surface area contributed by atoms with Gasteiger partial charge in [-0.2, -0.15) is 5.10 Å². The van der Waals surface area contributed by atoms with Gasteiger partial charge in [0.1, 0.15) is 5.82 Å². The summed E-state index contributed by atoms with van der Waals surface area (Å²) in [6.07, 6.45) is 1.92. The van der Waals surface area contributed by atoms with Crippen molar-refractivity contribution in [2.75, 3.05) is 5.32 Å². The van der Waals surface area contributed by atoms with E-state index < -0.39 is 0 Å². The van der Waals surface area contributed by atoms with Gasteiger partial charge in [-0.1, -0.05) is 12.1 Å². The molecule has 0 unspecified atom stereocenters. The quantitative estimate of drug-likeness (QED) is 0.592. The maximum atomic E-state index is 13.0. The van der Waals surface area contributed by atoms with Crippen LogP contribution in [0.1, 0.15) is 60.0 Å². The standard InChI is InChI=1S/C23H27FN4O/c1-15(2)28-17(4)22(14-26-28)16(3)25-13-18-6-5-7-21(12-18)27-23(29)19-8-10-20(24)11-9-19/h5-12,14-16,25H,13H2,1-4H3,(H,27,29)/t16-/m1/s1. The first-order valence-corrected chi connectivity index (χ1v) is 9.78. The molecule has 1 amide bonds. The molecule has 0 bridgehead atoms. The summed E-state index contributed by atoms with van der Waals surface area (Å²) >= 11 is 0. The lowest BCUT2D eigenvalue weighted by Crippen LogP contribution is -2.19. The van der Waals surface area contributed by atoms with Gasteiger partial charge in [0.25, 0.3) is 5.91 Å². The molecule has 0 aliphatic carbocycles. The Kier molecular flexibility index (Phi) is 6.44. The second-order valence-electron chi connectivity index (χ2n) is 7.49. The number of anilines is 1. The van der Waals surface area contributed by atoms with E-state index in [-0.39, 0.29) is 17.8 Å². The molecule has 0 aliphatic heterocycles. The number of halogens is 1. The van der Waals surface area contributed by atoms with Gasteiger partial charge in [-0.3, -0.25) is 9.48 Å². The Balaban J connectivity index is 1.62. The zero-order chi connectivity index (χ0) is 21.0. The fourth-order valence-electron chi connectivity index (χ4n) is 3.33. The van der Waals surface area contributed by atoms with Gasteiger partial charge >= 0.3 is 0 Å². The molecule has 0 spiro atoms. The van der Waals surface area contributed by atoms with Crippen LogP contribution >= 0.6 is 0 Å². The summed E-state index contributed by atoms with van der Waals surface area (Å²) in [5, 5.41) is 10.9. The van der Waals surface area contributed by atoms with Crippen molar-refractivity contribution in [2.24, 2.45) is 0 Å². The van der Waals surface area contributed by atoms with E-state index in [9.17, 15) is 9.18 Å². The van der Waals surface area contributed by atoms with Crippen LogP contribution in [0.25, 0.3) is 0 Å². The Morgan fingerprint density at radius 2 is 1.86 bits per heavy atom. The number of nitrogens with one attached hydrogen (secondary N) is 2. The molecule has 1 heterocycles. The lowest BCUT2D eigenvalue weighted by Gasteiger charge is -2.15. The van der Waals surface area contributed by atoms with Gasteiger partial charge < -0.3 is 10.6 Å². The van der Waals surface area contributed by atoms with Crippen molar-refractivity contribution in [3.63, 3.8) is 0 Å². The summed E-state index contributed by atoms with van der Waals surface area (Å²) in [7, 11) is 0. The molecule has 0 radical (unpaired) electrons. The topological polar surface area (TPSA) is 58.9 Å². The van der Waals surface area contributed by atoms with Crippen LogP contribution in [0.2, 0.25) is 0 Å². The molecule has 0 saturated carbocycles. The van der Waals surface area contributed by atoms with Gasteiger partial charge in [0.2, 0.25) is 0 Å². The summed E-state index contributed by atoms with van der Waals surface area (Å²) in [6, 6.07) is 13.7. The van der Waals surface area contributed by atoms with E-state index in [0.29, 0.717) is 23.8 Å². The smallest absolute Gasteiger partial charge is 0.255 e. The molecule has 2 N–H and O–H groups in total. The van der Waals surface area contributed by atoms with E-state index in [2.05, 4.69) is 43.4 Å². The minimum absolute atomic E-state index is 0.153. The predicted octanol–water partition coefficient (Wildman–Crippen LogP) is 5.01. The van der Waals surface area contributed by atoms with Gasteiger partial charge in [0, 0.05) is 41.1 Å². The molecule has 1 atom stereocenters. The maximum absolute atomic E-state index is 13.0. The van der Waals surface area contributed by atoms with E-state index in [1.54, 1.807) is 0 Å². The van der Waals surface area contributed by atoms with Crippen LogP contribution in [-0.4, -0.2) is 15.7 Å². The largest absolute Gasteiger partial charge is 0.322 e. The molecule has 2 aromatic carbocycles. The maximum Gasteiger partial charge on any atom is 0.255 e. The normalized spacial score (nSPS) is 12.2. The summed E-state index contributed by atoms with van der Waals surface area (Å²) < 4.78 is 15.1.